The molecule has 7 atom stereocenters. The fourth-order valence-corrected chi connectivity index (χ4v) is 11.3. The van der Waals surface area contributed by atoms with Gasteiger partial charge in [0.05, 0.1) is 18.6 Å². The SMILES string of the molecule is COC[C@]12CCC3(C=C1CC[C@@H]1[C@@H]2CC[C@]2(C)[C@@H](C#N)CC[C@@H]12)CCSS3. The molecule has 1 spiro atoms. The lowest BCUT2D eigenvalue weighted by molar-refractivity contribution is -0.0774. The number of nitriles is 1. The van der Waals surface area contributed by atoms with E-state index in [0.717, 1.165) is 30.8 Å². The minimum Gasteiger partial charge on any atom is -0.384 e. The maximum atomic E-state index is 9.72. The number of methoxy groups -OCH3 is 1. The number of hydrogen-bond donors (Lipinski definition) is 0. The van der Waals surface area contributed by atoms with Crippen LogP contribution in [-0.2, 0) is 4.74 Å². The molecule has 2 nitrogen and oxygen atoms in total. The van der Waals surface area contributed by atoms with Gasteiger partial charge >= 0.3 is 0 Å². The quantitative estimate of drug-likeness (QED) is 0.403. The summed E-state index contributed by atoms with van der Waals surface area (Å²) in [6.07, 6.45) is 14.4. The standard InChI is InChI=1S/C23H33NOS2/c1-21-8-7-20-18(19(21)6-4-17(21)14-24)5-3-16-13-22(11-12-26-27-22)9-10-23(16,20)15-25-2/h13,17-20H,3-12,15H2,1-2H3/t17-,18+,19+,20+,21-,22?,23-/m1/s1. The van der Waals surface area contributed by atoms with E-state index in [0.29, 0.717) is 16.1 Å². The number of rotatable bonds is 2. The highest BCUT2D eigenvalue weighted by Crippen LogP contribution is 2.68. The maximum Gasteiger partial charge on any atom is 0.0661 e. The Labute approximate surface area is 172 Å². The lowest BCUT2D eigenvalue weighted by Gasteiger charge is -2.59. The van der Waals surface area contributed by atoms with Gasteiger partial charge < -0.3 is 4.74 Å². The molecule has 0 amide bonds. The highest BCUT2D eigenvalue weighted by Gasteiger charge is 2.61. The van der Waals surface area contributed by atoms with E-state index >= 15 is 0 Å². The van der Waals surface area contributed by atoms with E-state index in [1.807, 2.05) is 7.11 Å². The van der Waals surface area contributed by atoms with Crippen molar-refractivity contribution in [2.45, 2.75) is 69.5 Å². The molecule has 148 valence electrons. The van der Waals surface area contributed by atoms with Crippen molar-refractivity contribution in [1.82, 2.24) is 0 Å². The van der Waals surface area contributed by atoms with Crippen LogP contribution in [0.4, 0.5) is 0 Å². The second-order valence-corrected chi connectivity index (χ2v) is 13.0. The van der Waals surface area contributed by atoms with E-state index in [-0.39, 0.29) is 5.41 Å². The first-order valence-electron chi connectivity index (χ1n) is 11.0. The van der Waals surface area contributed by atoms with Crippen LogP contribution in [-0.4, -0.2) is 24.2 Å². The van der Waals surface area contributed by atoms with Crippen molar-refractivity contribution in [3.63, 3.8) is 0 Å². The van der Waals surface area contributed by atoms with Crippen LogP contribution >= 0.6 is 21.6 Å². The molecule has 0 bridgehead atoms. The van der Waals surface area contributed by atoms with Gasteiger partial charge in [0.1, 0.15) is 0 Å². The zero-order chi connectivity index (χ0) is 18.7. The Morgan fingerprint density at radius 1 is 1.15 bits per heavy atom. The smallest absolute Gasteiger partial charge is 0.0661 e. The topological polar surface area (TPSA) is 33.0 Å². The van der Waals surface area contributed by atoms with Gasteiger partial charge in [0.2, 0.25) is 0 Å². The first-order chi connectivity index (χ1) is 13.1. The summed E-state index contributed by atoms with van der Waals surface area (Å²) in [7, 11) is 6.14. The summed E-state index contributed by atoms with van der Waals surface area (Å²) in [5, 5.41) is 9.72. The molecule has 3 saturated carbocycles. The minimum absolute atomic E-state index is 0.277. The Kier molecular flexibility index (Phi) is 4.69. The van der Waals surface area contributed by atoms with E-state index in [2.05, 4.69) is 40.7 Å². The Bertz CT molecular complexity index is 678. The van der Waals surface area contributed by atoms with Gasteiger partial charge in [-0.05, 0) is 81.0 Å². The molecule has 4 aliphatic carbocycles. The van der Waals surface area contributed by atoms with Crippen molar-refractivity contribution in [2.24, 2.45) is 34.5 Å². The molecule has 4 heteroatoms. The van der Waals surface area contributed by atoms with Gasteiger partial charge in [0.25, 0.3) is 0 Å². The monoisotopic (exact) mass is 403 g/mol. The summed E-state index contributed by atoms with van der Waals surface area (Å²) in [4.78, 5) is 0. The molecular weight excluding hydrogens is 370 g/mol. The van der Waals surface area contributed by atoms with Crippen LogP contribution in [0.1, 0.15) is 64.7 Å². The first kappa shape index (κ1) is 18.9. The first-order valence-corrected chi connectivity index (χ1v) is 13.3. The lowest BCUT2D eigenvalue weighted by atomic mass is 9.46. The normalized spacial score (nSPS) is 51.2. The van der Waals surface area contributed by atoms with Crippen molar-refractivity contribution >= 4 is 21.6 Å². The third kappa shape index (κ3) is 2.63. The molecule has 5 rings (SSSR count). The van der Waals surface area contributed by atoms with Crippen LogP contribution in [0.15, 0.2) is 11.6 Å². The van der Waals surface area contributed by atoms with Crippen molar-refractivity contribution < 1.29 is 4.74 Å². The zero-order valence-electron chi connectivity index (χ0n) is 16.8. The summed E-state index contributed by atoms with van der Waals surface area (Å²) < 4.78 is 6.34. The van der Waals surface area contributed by atoms with Gasteiger partial charge in [0.15, 0.2) is 0 Å². The van der Waals surface area contributed by atoms with Crippen molar-refractivity contribution in [1.29, 1.82) is 5.26 Å². The van der Waals surface area contributed by atoms with Crippen molar-refractivity contribution in [3.8, 4) is 6.07 Å². The molecule has 0 radical (unpaired) electrons. The zero-order valence-corrected chi connectivity index (χ0v) is 18.5. The average Bonchev–Trinajstić information content (AvgIpc) is 3.26. The molecule has 0 aromatic rings. The van der Waals surface area contributed by atoms with Gasteiger partial charge in [-0.1, -0.05) is 40.2 Å². The highest BCUT2D eigenvalue weighted by atomic mass is 33.1. The fraction of sp³-hybridized carbons (Fsp3) is 0.870. The second kappa shape index (κ2) is 6.71. The molecule has 0 aromatic carbocycles. The van der Waals surface area contributed by atoms with Crippen LogP contribution in [0.25, 0.3) is 0 Å². The Hall–Kier alpha value is -0.110. The van der Waals surface area contributed by atoms with Crippen molar-refractivity contribution in [2.75, 3.05) is 19.5 Å². The molecule has 5 aliphatic rings. The molecule has 0 N–H and O–H groups in total. The third-order valence-electron chi connectivity index (χ3n) is 9.36. The van der Waals surface area contributed by atoms with Gasteiger partial charge in [-0.2, -0.15) is 5.26 Å². The minimum atomic E-state index is 0.277. The number of ether oxygens (including phenoxy) is 1. The summed E-state index contributed by atoms with van der Waals surface area (Å²) in [6, 6.07) is 2.68. The van der Waals surface area contributed by atoms with Gasteiger partial charge in [-0.15, -0.1) is 0 Å². The number of hydrogen-bond acceptors (Lipinski definition) is 4. The van der Waals surface area contributed by atoms with Gasteiger partial charge in [-0.3, -0.25) is 0 Å². The van der Waals surface area contributed by atoms with E-state index < -0.39 is 0 Å². The highest BCUT2D eigenvalue weighted by molar-refractivity contribution is 8.77. The molecule has 27 heavy (non-hydrogen) atoms. The van der Waals surface area contributed by atoms with E-state index in [9.17, 15) is 5.26 Å². The van der Waals surface area contributed by atoms with Gasteiger partial charge in [-0.25, -0.2) is 0 Å². The lowest BCUT2D eigenvalue weighted by Crippen LogP contribution is -2.54. The summed E-state index contributed by atoms with van der Waals surface area (Å²) in [6.45, 7) is 3.37. The summed E-state index contributed by atoms with van der Waals surface area (Å²) in [5.41, 5.74) is 2.33. The third-order valence-corrected chi connectivity index (χ3v) is 12.6. The van der Waals surface area contributed by atoms with Crippen LogP contribution in [0, 0.1) is 45.8 Å². The van der Waals surface area contributed by atoms with E-state index in [4.69, 9.17) is 4.74 Å². The van der Waals surface area contributed by atoms with Crippen molar-refractivity contribution in [3.05, 3.63) is 11.6 Å². The van der Waals surface area contributed by atoms with E-state index in [1.165, 1.54) is 57.1 Å². The van der Waals surface area contributed by atoms with Crippen LogP contribution in [0.2, 0.25) is 0 Å². The van der Waals surface area contributed by atoms with Crippen LogP contribution in [0.5, 0.6) is 0 Å². The average molecular weight is 404 g/mol. The number of nitrogens with zero attached hydrogens (tertiary/aromatic N) is 1. The molecule has 1 aliphatic heterocycles. The molecule has 1 unspecified atom stereocenters. The summed E-state index contributed by atoms with van der Waals surface area (Å²) in [5.74, 6) is 3.97. The second-order valence-electron chi connectivity index (χ2n) is 10.2. The van der Waals surface area contributed by atoms with Crippen LogP contribution < -0.4 is 0 Å². The Morgan fingerprint density at radius 2 is 2.04 bits per heavy atom. The van der Waals surface area contributed by atoms with Gasteiger partial charge in [0, 0.05) is 23.0 Å². The summed E-state index contributed by atoms with van der Waals surface area (Å²) >= 11 is 0. The van der Waals surface area contributed by atoms with Crippen LogP contribution in [0.3, 0.4) is 0 Å². The molecule has 4 fully saturated rings. The largest absolute Gasteiger partial charge is 0.384 e. The van der Waals surface area contributed by atoms with E-state index in [1.54, 1.807) is 5.57 Å². The molecule has 0 aromatic heterocycles. The molecule has 1 saturated heterocycles. The molecular formula is C23H33NOS2. The predicted molar refractivity (Wildman–Crippen MR) is 114 cm³/mol. The Balaban J connectivity index is 1.50. The number of fused-ring (bicyclic) bond motifs is 5. The predicted octanol–water partition coefficient (Wildman–Crippen LogP) is 6.24. The Morgan fingerprint density at radius 3 is 2.78 bits per heavy atom. The maximum absolute atomic E-state index is 9.72. The molecule has 1 heterocycles. The fourth-order valence-electron chi connectivity index (χ4n) is 7.99.